The smallest absolute Gasteiger partial charge is 0.229 e. The number of hydrogen-bond donors (Lipinski definition) is 2. The highest BCUT2D eigenvalue weighted by Crippen LogP contribution is 2.48. The molecule has 0 spiro atoms. The summed E-state index contributed by atoms with van der Waals surface area (Å²) in [4.78, 5) is 24.9. The van der Waals surface area contributed by atoms with E-state index >= 15 is 0 Å². The molecule has 3 heterocycles. The van der Waals surface area contributed by atoms with E-state index in [1.54, 1.807) is 0 Å². The maximum Gasteiger partial charge on any atom is 0.229 e. The molecule has 0 bridgehead atoms. The number of nitrogen functional groups attached to an aromatic ring is 1. The van der Waals surface area contributed by atoms with Crippen LogP contribution in [0.1, 0.15) is 36.3 Å². The average Bonchev–Trinajstić information content (AvgIpc) is 2.83. The Morgan fingerprint density at radius 2 is 1.84 bits per heavy atom. The van der Waals surface area contributed by atoms with E-state index in [0.717, 1.165) is 59.1 Å². The third-order valence-electron chi connectivity index (χ3n) is 6.69. The second kappa shape index (κ2) is 7.60. The fourth-order valence-electron chi connectivity index (χ4n) is 5.19. The molecule has 1 aromatic heterocycles. The van der Waals surface area contributed by atoms with Crippen molar-refractivity contribution in [1.29, 1.82) is 0 Å². The van der Waals surface area contributed by atoms with Crippen molar-refractivity contribution in [2.45, 2.75) is 25.2 Å². The van der Waals surface area contributed by atoms with Gasteiger partial charge in [-0.1, -0.05) is 42.5 Å². The highest BCUT2D eigenvalue weighted by molar-refractivity contribution is 6.03. The van der Waals surface area contributed by atoms with Gasteiger partial charge >= 0.3 is 0 Å². The zero-order valence-electron chi connectivity index (χ0n) is 17.8. The number of nitrogens with one attached hydrogen (secondary N) is 1. The summed E-state index contributed by atoms with van der Waals surface area (Å²) in [5.74, 6) is 1.65. The number of nitrogens with two attached hydrogens (primary N) is 1. The molecular formula is C25H25N5O2. The number of aromatic nitrogens is 2. The highest BCUT2D eigenvalue weighted by atomic mass is 16.5. The second-order valence-corrected chi connectivity index (χ2v) is 8.57. The zero-order valence-corrected chi connectivity index (χ0v) is 17.8. The van der Waals surface area contributed by atoms with Crippen LogP contribution in [0.15, 0.2) is 53.7 Å². The van der Waals surface area contributed by atoms with Gasteiger partial charge in [0.05, 0.1) is 13.2 Å². The molecule has 0 saturated carbocycles. The Morgan fingerprint density at radius 1 is 1.03 bits per heavy atom. The SMILES string of the molecule is Nc1nc(N2CCOCC2)nc2c1[C@@H](c1cccc3ccccc13)C1=C(CCCC1=O)N2. The molecule has 7 nitrogen and oxygen atoms in total. The van der Waals surface area contributed by atoms with E-state index in [-0.39, 0.29) is 11.7 Å². The van der Waals surface area contributed by atoms with Crippen molar-refractivity contribution in [3.05, 3.63) is 64.9 Å². The highest BCUT2D eigenvalue weighted by Gasteiger charge is 2.38. The van der Waals surface area contributed by atoms with E-state index in [1.807, 2.05) is 18.2 Å². The molecule has 1 saturated heterocycles. The number of allylic oxidation sites excluding steroid dienone is 2. The molecule has 0 unspecified atom stereocenters. The van der Waals surface area contributed by atoms with Crippen LogP contribution in [-0.4, -0.2) is 42.1 Å². The van der Waals surface area contributed by atoms with Crippen molar-refractivity contribution in [3.8, 4) is 0 Å². The Bertz CT molecular complexity index is 1260. The molecular weight excluding hydrogens is 402 g/mol. The van der Waals surface area contributed by atoms with E-state index in [1.165, 1.54) is 0 Å². The van der Waals surface area contributed by atoms with Gasteiger partial charge in [-0.25, -0.2) is 0 Å². The molecule has 1 fully saturated rings. The first-order valence-electron chi connectivity index (χ1n) is 11.2. The molecule has 3 N–H and O–H groups in total. The summed E-state index contributed by atoms with van der Waals surface area (Å²) < 4.78 is 5.47. The number of ketones is 1. The lowest BCUT2D eigenvalue weighted by molar-refractivity contribution is -0.116. The van der Waals surface area contributed by atoms with Crippen LogP contribution in [0.3, 0.4) is 0 Å². The predicted octanol–water partition coefficient (Wildman–Crippen LogP) is 3.61. The first kappa shape index (κ1) is 19.3. The molecule has 3 aromatic rings. The summed E-state index contributed by atoms with van der Waals surface area (Å²) >= 11 is 0. The number of nitrogens with zero attached hydrogens (tertiary/aromatic N) is 3. The maximum atomic E-state index is 13.2. The van der Waals surface area contributed by atoms with E-state index in [0.29, 0.717) is 37.2 Å². The van der Waals surface area contributed by atoms with Gasteiger partial charge in [0, 0.05) is 42.3 Å². The molecule has 7 heteroatoms. The molecule has 2 aromatic carbocycles. The number of fused-ring (bicyclic) bond motifs is 2. The minimum Gasteiger partial charge on any atom is -0.383 e. The summed E-state index contributed by atoms with van der Waals surface area (Å²) in [6.07, 6.45) is 2.24. The van der Waals surface area contributed by atoms with Gasteiger partial charge in [-0.15, -0.1) is 0 Å². The van der Waals surface area contributed by atoms with Gasteiger partial charge in [-0.05, 0) is 29.2 Å². The van der Waals surface area contributed by atoms with Crippen molar-refractivity contribution in [1.82, 2.24) is 9.97 Å². The van der Waals surface area contributed by atoms with Crippen LogP contribution in [0.5, 0.6) is 0 Å². The lowest BCUT2D eigenvalue weighted by Crippen LogP contribution is -2.38. The first-order chi connectivity index (χ1) is 15.7. The predicted molar refractivity (Wildman–Crippen MR) is 125 cm³/mol. The standard InChI is InChI=1S/C25H25N5O2/c26-23-22-20(17-8-3-6-15-5-1-2-7-16(15)17)21-18(9-4-10-19(21)31)27-24(22)29-25(28-23)30-11-13-32-14-12-30/h1-3,5-8,20H,4,9-14H2,(H3,26,27,28,29)/t20-/m0/s1. The first-order valence-corrected chi connectivity index (χ1v) is 11.2. The van der Waals surface area contributed by atoms with Crippen LogP contribution in [0.2, 0.25) is 0 Å². The molecule has 2 aliphatic heterocycles. The number of anilines is 3. The zero-order chi connectivity index (χ0) is 21.7. The number of Topliss-reactive ketones (excluding diaryl/α,β-unsaturated/α-hetero) is 1. The third kappa shape index (κ3) is 3.04. The molecule has 162 valence electrons. The van der Waals surface area contributed by atoms with Crippen LogP contribution in [0, 0.1) is 0 Å². The summed E-state index contributed by atoms with van der Waals surface area (Å²) in [6, 6.07) is 14.5. The lowest BCUT2D eigenvalue weighted by atomic mass is 9.75. The average molecular weight is 428 g/mol. The number of morpholine rings is 1. The number of rotatable bonds is 2. The molecule has 0 radical (unpaired) electrons. The molecule has 0 amide bonds. The van der Waals surface area contributed by atoms with Crippen molar-refractivity contribution in [2.24, 2.45) is 0 Å². The minimum atomic E-state index is -0.279. The van der Waals surface area contributed by atoms with E-state index < -0.39 is 0 Å². The van der Waals surface area contributed by atoms with Gasteiger partial charge in [-0.3, -0.25) is 4.79 Å². The Morgan fingerprint density at radius 3 is 2.72 bits per heavy atom. The normalized spacial score (nSPS) is 20.7. The summed E-state index contributed by atoms with van der Waals surface area (Å²) in [5, 5.41) is 5.73. The third-order valence-corrected chi connectivity index (χ3v) is 6.69. The summed E-state index contributed by atoms with van der Waals surface area (Å²) in [7, 11) is 0. The number of benzene rings is 2. The van der Waals surface area contributed by atoms with Gasteiger partial charge in [0.2, 0.25) is 5.95 Å². The number of hydrogen-bond acceptors (Lipinski definition) is 7. The van der Waals surface area contributed by atoms with Crippen LogP contribution < -0.4 is 16.0 Å². The monoisotopic (exact) mass is 427 g/mol. The quantitative estimate of drug-likeness (QED) is 0.645. The van der Waals surface area contributed by atoms with Crippen molar-refractivity contribution in [2.75, 3.05) is 42.3 Å². The topological polar surface area (TPSA) is 93.4 Å². The van der Waals surface area contributed by atoms with Gasteiger partial charge in [0.1, 0.15) is 11.6 Å². The maximum absolute atomic E-state index is 13.2. The summed E-state index contributed by atoms with van der Waals surface area (Å²) in [6.45, 7) is 2.77. The largest absolute Gasteiger partial charge is 0.383 e. The van der Waals surface area contributed by atoms with Crippen LogP contribution in [-0.2, 0) is 9.53 Å². The van der Waals surface area contributed by atoms with Crippen molar-refractivity contribution < 1.29 is 9.53 Å². The fraction of sp³-hybridized carbons (Fsp3) is 0.320. The molecule has 1 aliphatic carbocycles. The number of ether oxygens (including phenoxy) is 1. The van der Waals surface area contributed by atoms with Crippen molar-refractivity contribution >= 4 is 34.1 Å². The number of carbonyl (C=O) groups is 1. The fourth-order valence-corrected chi connectivity index (χ4v) is 5.19. The van der Waals surface area contributed by atoms with Crippen molar-refractivity contribution in [3.63, 3.8) is 0 Å². The van der Waals surface area contributed by atoms with Gasteiger partial charge in [-0.2, -0.15) is 9.97 Å². The number of carbonyl (C=O) groups excluding carboxylic acids is 1. The minimum absolute atomic E-state index is 0.180. The van der Waals surface area contributed by atoms with Gasteiger partial charge in [0.25, 0.3) is 0 Å². The second-order valence-electron chi connectivity index (χ2n) is 8.57. The van der Waals surface area contributed by atoms with Gasteiger partial charge < -0.3 is 20.7 Å². The summed E-state index contributed by atoms with van der Waals surface area (Å²) in [5.41, 5.74) is 10.3. The molecule has 32 heavy (non-hydrogen) atoms. The molecule has 3 aliphatic rings. The molecule has 1 atom stereocenters. The van der Waals surface area contributed by atoms with E-state index in [9.17, 15) is 4.79 Å². The Kier molecular flexibility index (Phi) is 4.57. The van der Waals surface area contributed by atoms with Gasteiger partial charge in [0.15, 0.2) is 5.78 Å². The Labute approximate surface area is 186 Å². The lowest BCUT2D eigenvalue weighted by Gasteiger charge is -2.35. The van der Waals surface area contributed by atoms with E-state index in [4.69, 9.17) is 20.4 Å². The molecule has 6 rings (SSSR count). The Hall–Kier alpha value is -3.45. The van der Waals surface area contributed by atoms with Crippen LogP contribution in [0.4, 0.5) is 17.6 Å². The van der Waals surface area contributed by atoms with Crippen LogP contribution in [0.25, 0.3) is 10.8 Å². The van der Waals surface area contributed by atoms with E-state index in [2.05, 4.69) is 34.5 Å². The Balaban J connectivity index is 1.57. The van der Waals surface area contributed by atoms with Crippen LogP contribution >= 0.6 is 0 Å².